The zero-order valence-electron chi connectivity index (χ0n) is 17.8. The number of aliphatic hydroxyl groups is 1. The van der Waals surface area contributed by atoms with Gasteiger partial charge in [-0.1, -0.05) is 30.3 Å². The average molecular weight is 484 g/mol. The summed E-state index contributed by atoms with van der Waals surface area (Å²) in [7, 11) is 0. The lowest BCUT2D eigenvalue weighted by atomic mass is 10.1. The molecule has 12 nitrogen and oxygen atoms in total. The number of amides is 4. The van der Waals surface area contributed by atoms with Crippen molar-refractivity contribution in [1.29, 1.82) is 0 Å². The molecule has 0 aliphatic heterocycles. The van der Waals surface area contributed by atoms with Crippen LogP contribution >= 0.6 is 12.6 Å². The van der Waals surface area contributed by atoms with Crippen LogP contribution in [0.15, 0.2) is 30.3 Å². The van der Waals surface area contributed by atoms with E-state index < -0.39 is 60.4 Å². The van der Waals surface area contributed by atoms with Crippen molar-refractivity contribution in [3.05, 3.63) is 35.9 Å². The van der Waals surface area contributed by atoms with Crippen LogP contribution in [0, 0.1) is 0 Å². The van der Waals surface area contributed by atoms with E-state index in [9.17, 15) is 34.2 Å². The van der Waals surface area contributed by atoms with Crippen molar-refractivity contribution in [1.82, 2.24) is 16.0 Å². The number of primary amides is 1. The number of carbonyl (C=O) groups is 5. The van der Waals surface area contributed by atoms with Gasteiger partial charge in [-0.3, -0.25) is 19.2 Å². The first-order valence-corrected chi connectivity index (χ1v) is 10.7. The summed E-state index contributed by atoms with van der Waals surface area (Å²) in [6, 6.07) is 3.88. The summed E-state index contributed by atoms with van der Waals surface area (Å²) in [5.41, 5.74) is 11.7. The first-order chi connectivity index (χ1) is 15.6. The highest BCUT2D eigenvalue weighted by Crippen LogP contribution is 2.03. The second-order valence-corrected chi connectivity index (χ2v) is 7.55. The normalized spacial score (nSPS) is 14.3. The molecule has 4 atom stereocenters. The minimum absolute atomic E-state index is 0.204. The van der Waals surface area contributed by atoms with Gasteiger partial charge in [0.15, 0.2) is 0 Å². The zero-order chi connectivity index (χ0) is 25.0. The van der Waals surface area contributed by atoms with Gasteiger partial charge >= 0.3 is 5.97 Å². The van der Waals surface area contributed by atoms with Crippen molar-refractivity contribution in [3.63, 3.8) is 0 Å². The minimum atomic E-state index is -1.41. The quantitative estimate of drug-likeness (QED) is 0.130. The molecule has 0 heterocycles. The third kappa shape index (κ3) is 9.89. The highest BCUT2D eigenvalue weighted by Gasteiger charge is 2.29. The number of carbonyl (C=O) groups excluding carboxylic acids is 4. The van der Waals surface area contributed by atoms with Gasteiger partial charge in [0.25, 0.3) is 0 Å². The third-order valence-corrected chi connectivity index (χ3v) is 4.93. The van der Waals surface area contributed by atoms with Gasteiger partial charge < -0.3 is 37.6 Å². The summed E-state index contributed by atoms with van der Waals surface area (Å²) in [4.78, 5) is 59.4. The van der Waals surface area contributed by atoms with Gasteiger partial charge in [0, 0.05) is 12.2 Å². The molecular weight excluding hydrogens is 454 g/mol. The Morgan fingerprint density at radius 2 is 1.45 bits per heavy atom. The van der Waals surface area contributed by atoms with Crippen LogP contribution in [0.25, 0.3) is 0 Å². The van der Waals surface area contributed by atoms with Crippen LogP contribution in [0.3, 0.4) is 0 Å². The van der Waals surface area contributed by atoms with Crippen molar-refractivity contribution in [3.8, 4) is 0 Å². The van der Waals surface area contributed by atoms with Crippen molar-refractivity contribution < 1.29 is 34.2 Å². The fourth-order valence-electron chi connectivity index (χ4n) is 2.72. The van der Waals surface area contributed by atoms with E-state index in [4.69, 9.17) is 11.5 Å². The topological polar surface area (TPSA) is 214 Å². The Bertz CT molecular complexity index is 839. The summed E-state index contributed by atoms with van der Waals surface area (Å²) in [6.45, 7) is -0.771. The molecule has 0 bridgehead atoms. The summed E-state index contributed by atoms with van der Waals surface area (Å²) < 4.78 is 0. The van der Waals surface area contributed by atoms with Gasteiger partial charge in [0.2, 0.25) is 23.6 Å². The van der Waals surface area contributed by atoms with E-state index in [1.54, 1.807) is 24.3 Å². The monoisotopic (exact) mass is 483 g/mol. The molecule has 0 aliphatic rings. The van der Waals surface area contributed by atoms with Gasteiger partial charge in [0.1, 0.15) is 18.1 Å². The Balaban J connectivity index is 2.70. The fourth-order valence-corrected chi connectivity index (χ4v) is 2.97. The summed E-state index contributed by atoms with van der Waals surface area (Å²) in [6.07, 6.45) is -0.300. The molecule has 33 heavy (non-hydrogen) atoms. The number of aliphatic hydroxyl groups excluding tert-OH is 1. The maximum atomic E-state index is 12.5. The predicted octanol–water partition coefficient (Wildman–Crippen LogP) is -2.72. The van der Waals surface area contributed by atoms with E-state index in [0.29, 0.717) is 0 Å². The van der Waals surface area contributed by atoms with Gasteiger partial charge in [-0.25, -0.2) is 4.79 Å². The van der Waals surface area contributed by atoms with Crippen LogP contribution < -0.4 is 27.4 Å². The molecule has 0 fully saturated rings. The molecule has 9 N–H and O–H groups in total. The van der Waals surface area contributed by atoms with Gasteiger partial charge in [-0.05, 0) is 18.4 Å². The second-order valence-electron chi connectivity index (χ2n) is 7.19. The van der Waals surface area contributed by atoms with E-state index in [1.165, 1.54) is 0 Å². The number of nitrogens with one attached hydrogen (secondary N) is 3. The molecule has 0 aliphatic carbocycles. The van der Waals surface area contributed by atoms with Crippen LogP contribution in [0.1, 0.15) is 18.4 Å². The van der Waals surface area contributed by atoms with Crippen molar-refractivity contribution in [2.45, 2.75) is 43.4 Å². The van der Waals surface area contributed by atoms with Crippen LogP contribution in [-0.4, -0.2) is 76.3 Å². The molecule has 0 saturated heterocycles. The summed E-state index contributed by atoms with van der Waals surface area (Å²) in [5.74, 6) is -4.78. The number of carboxylic acid groups (broad SMARTS) is 1. The van der Waals surface area contributed by atoms with Crippen LogP contribution in [-0.2, 0) is 30.4 Å². The number of aliphatic carboxylic acids is 1. The Kier molecular flexibility index (Phi) is 11.9. The fraction of sp³-hybridized carbons (Fsp3) is 0.450. The number of thiol groups is 1. The smallest absolute Gasteiger partial charge is 0.326 e. The highest BCUT2D eigenvalue weighted by molar-refractivity contribution is 7.80. The van der Waals surface area contributed by atoms with Gasteiger partial charge in [-0.15, -0.1) is 0 Å². The number of nitrogens with two attached hydrogens (primary N) is 2. The van der Waals surface area contributed by atoms with E-state index in [2.05, 4.69) is 28.6 Å². The zero-order valence-corrected chi connectivity index (χ0v) is 18.7. The molecule has 1 aromatic rings. The Hall–Kier alpha value is -3.16. The molecule has 0 aromatic heterocycles. The molecule has 4 unspecified atom stereocenters. The third-order valence-electron chi connectivity index (χ3n) is 4.56. The van der Waals surface area contributed by atoms with Crippen LogP contribution in [0.2, 0.25) is 0 Å². The summed E-state index contributed by atoms with van der Waals surface area (Å²) in [5, 5.41) is 25.5. The maximum Gasteiger partial charge on any atom is 0.326 e. The highest BCUT2D eigenvalue weighted by atomic mass is 32.1. The number of benzene rings is 1. The van der Waals surface area contributed by atoms with E-state index in [0.717, 1.165) is 5.56 Å². The molecule has 1 rings (SSSR count). The van der Waals surface area contributed by atoms with E-state index in [-0.39, 0.29) is 25.0 Å². The number of carboxylic acids is 1. The molecule has 0 spiro atoms. The molecule has 0 saturated carbocycles. The molecule has 0 radical (unpaired) electrons. The lowest BCUT2D eigenvalue weighted by Gasteiger charge is -2.23. The van der Waals surface area contributed by atoms with E-state index >= 15 is 0 Å². The second kappa shape index (κ2) is 14.1. The van der Waals surface area contributed by atoms with Crippen LogP contribution in [0.4, 0.5) is 0 Å². The van der Waals surface area contributed by atoms with Gasteiger partial charge in [0.05, 0.1) is 12.6 Å². The minimum Gasteiger partial charge on any atom is -0.480 e. The SMILES string of the molecule is NC(=O)CCC(NC(=O)C(CS)NC(=O)C(CO)NC(=O)C(N)Cc1ccccc1)C(=O)O. The van der Waals surface area contributed by atoms with Crippen molar-refractivity contribution in [2.75, 3.05) is 12.4 Å². The maximum absolute atomic E-state index is 12.5. The van der Waals surface area contributed by atoms with Crippen molar-refractivity contribution >= 4 is 42.2 Å². The molecule has 1 aromatic carbocycles. The van der Waals surface area contributed by atoms with Crippen molar-refractivity contribution in [2.24, 2.45) is 11.5 Å². The Labute approximate surface area is 195 Å². The van der Waals surface area contributed by atoms with Crippen LogP contribution in [0.5, 0.6) is 0 Å². The Morgan fingerprint density at radius 1 is 0.909 bits per heavy atom. The number of hydrogen-bond acceptors (Lipinski definition) is 8. The average Bonchev–Trinajstić information content (AvgIpc) is 2.78. The standard InChI is InChI=1S/C20H29N5O7S/c21-12(8-11-4-2-1-3-5-11)17(28)24-14(9-26)18(29)25-15(10-33)19(30)23-13(20(31)32)6-7-16(22)27/h1-5,12-15,26,33H,6-10,21H2,(H2,22,27)(H,23,30)(H,24,28)(H,25,29)(H,31,32). The first kappa shape index (κ1) is 27.9. The lowest BCUT2D eigenvalue weighted by molar-refractivity contribution is -0.142. The summed E-state index contributed by atoms with van der Waals surface area (Å²) >= 11 is 3.98. The molecule has 182 valence electrons. The van der Waals surface area contributed by atoms with E-state index in [1.807, 2.05) is 6.07 Å². The van der Waals surface area contributed by atoms with Gasteiger partial charge in [-0.2, -0.15) is 12.6 Å². The molecular formula is C20H29N5O7S. The Morgan fingerprint density at radius 3 is 1.97 bits per heavy atom. The predicted molar refractivity (Wildman–Crippen MR) is 121 cm³/mol. The first-order valence-electron chi connectivity index (χ1n) is 10.0. The molecule has 13 heteroatoms. The molecule has 4 amide bonds. The number of rotatable bonds is 14. The number of hydrogen-bond donors (Lipinski definition) is 8. The largest absolute Gasteiger partial charge is 0.480 e. The lowest BCUT2D eigenvalue weighted by Crippen LogP contribution is -2.58.